The number of rotatable bonds is 3. The van der Waals surface area contributed by atoms with Gasteiger partial charge in [-0.1, -0.05) is 12.1 Å². The van der Waals surface area contributed by atoms with E-state index in [9.17, 15) is 0 Å². The number of aromatic nitrogens is 1. The van der Waals surface area contributed by atoms with E-state index in [1.165, 1.54) is 4.88 Å². The SMILES string of the molecule is COc1ccc(-c2nc(-c3ccccc3N)sc2C)cc1. The standard InChI is InChI=1S/C17H16N2OS/c1-11-16(12-7-9-13(20-2)10-8-12)19-17(21-11)14-5-3-4-6-15(14)18/h3-10H,18H2,1-2H3. The van der Waals surface area contributed by atoms with Crippen molar-refractivity contribution in [2.45, 2.75) is 6.92 Å². The highest BCUT2D eigenvalue weighted by molar-refractivity contribution is 7.15. The second kappa shape index (κ2) is 5.58. The van der Waals surface area contributed by atoms with Gasteiger partial charge in [-0.05, 0) is 43.3 Å². The molecule has 1 aromatic heterocycles. The lowest BCUT2D eigenvalue weighted by Gasteiger charge is -2.02. The molecule has 0 spiro atoms. The predicted molar refractivity (Wildman–Crippen MR) is 88.7 cm³/mol. The Bertz CT molecular complexity index is 763. The molecule has 2 aromatic carbocycles. The summed E-state index contributed by atoms with van der Waals surface area (Å²) >= 11 is 1.66. The molecular weight excluding hydrogens is 280 g/mol. The monoisotopic (exact) mass is 296 g/mol. The first-order chi connectivity index (χ1) is 10.2. The van der Waals surface area contributed by atoms with E-state index in [4.69, 9.17) is 15.5 Å². The molecule has 4 heteroatoms. The van der Waals surface area contributed by atoms with Crippen molar-refractivity contribution in [3.05, 3.63) is 53.4 Å². The zero-order chi connectivity index (χ0) is 14.8. The number of anilines is 1. The van der Waals surface area contributed by atoms with Crippen LogP contribution in [-0.4, -0.2) is 12.1 Å². The first-order valence-electron chi connectivity index (χ1n) is 6.66. The maximum absolute atomic E-state index is 6.04. The van der Waals surface area contributed by atoms with Crippen molar-refractivity contribution in [1.82, 2.24) is 4.98 Å². The number of methoxy groups -OCH3 is 1. The van der Waals surface area contributed by atoms with E-state index in [1.54, 1.807) is 18.4 Å². The highest BCUT2D eigenvalue weighted by Crippen LogP contribution is 2.35. The van der Waals surface area contributed by atoms with Crippen LogP contribution in [0.1, 0.15) is 4.88 Å². The van der Waals surface area contributed by atoms with Gasteiger partial charge in [0, 0.05) is 21.7 Å². The van der Waals surface area contributed by atoms with Gasteiger partial charge in [-0.15, -0.1) is 11.3 Å². The molecule has 0 aliphatic carbocycles. The quantitative estimate of drug-likeness (QED) is 0.730. The number of nitrogens with two attached hydrogens (primary N) is 1. The highest BCUT2D eigenvalue weighted by Gasteiger charge is 2.12. The number of hydrogen-bond acceptors (Lipinski definition) is 4. The fourth-order valence-corrected chi connectivity index (χ4v) is 3.20. The summed E-state index contributed by atoms with van der Waals surface area (Å²) in [6.07, 6.45) is 0. The van der Waals surface area contributed by atoms with Crippen LogP contribution in [0.4, 0.5) is 5.69 Å². The summed E-state index contributed by atoms with van der Waals surface area (Å²) in [7, 11) is 1.67. The van der Waals surface area contributed by atoms with Gasteiger partial charge in [-0.25, -0.2) is 4.98 Å². The van der Waals surface area contributed by atoms with Gasteiger partial charge >= 0.3 is 0 Å². The van der Waals surface area contributed by atoms with Crippen molar-refractivity contribution in [1.29, 1.82) is 0 Å². The van der Waals surface area contributed by atoms with E-state index in [-0.39, 0.29) is 0 Å². The Labute approximate surface area is 128 Å². The molecule has 0 fully saturated rings. The average Bonchev–Trinajstić information content (AvgIpc) is 2.89. The first-order valence-corrected chi connectivity index (χ1v) is 7.47. The fraction of sp³-hybridized carbons (Fsp3) is 0.118. The maximum Gasteiger partial charge on any atom is 0.126 e. The zero-order valence-corrected chi connectivity index (χ0v) is 12.8. The third-order valence-corrected chi connectivity index (χ3v) is 4.36. The number of nitrogens with zero attached hydrogens (tertiary/aromatic N) is 1. The van der Waals surface area contributed by atoms with E-state index < -0.39 is 0 Å². The molecule has 3 rings (SSSR count). The van der Waals surface area contributed by atoms with Gasteiger partial charge in [-0.3, -0.25) is 0 Å². The maximum atomic E-state index is 6.04. The molecule has 0 aliphatic rings. The fourth-order valence-electron chi connectivity index (χ4n) is 2.22. The minimum absolute atomic E-state index is 0.757. The molecule has 0 unspecified atom stereocenters. The minimum Gasteiger partial charge on any atom is -0.497 e. The van der Waals surface area contributed by atoms with Gasteiger partial charge in [-0.2, -0.15) is 0 Å². The van der Waals surface area contributed by atoms with Crippen LogP contribution in [0.3, 0.4) is 0 Å². The van der Waals surface area contributed by atoms with Crippen molar-refractivity contribution < 1.29 is 4.74 Å². The molecule has 0 aliphatic heterocycles. The molecule has 106 valence electrons. The molecule has 2 N–H and O–H groups in total. The second-order valence-electron chi connectivity index (χ2n) is 4.74. The van der Waals surface area contributed by atoms with E-state index in [0.717, 1.165) is 33.3 Å². The van der Waals surface area contributed by atoms with E-state index >= 15 is 0 Å². The van der Waals surface area contributed by atoms with Crippen LogP contribution < -0.4 is 10.5 Å². The Morgan fingerprint density at radius 2 is 1.76 bits per heavy atom. The van der Waals surface area contributed by atoms with E-state index in [0.29, 0.717) is 0 Å². The number of hydrogen-bond donors (Lipinski definition) is 1. The largest absolute Gasteiger partial charge is 0.497 e. The molecule has 3 aromatic rings. The second-order valence-corrected chi connectivity index (χ2v) is 5.94. The third kappa shape index (κ3) is 2.62. The van der Waals surface area contributed by atoms with Crippen LogP contribution in [0, 0.1) is 6.92 Å². The molecule has 0 radical (unpaired) electrons. The lowest BCUT2D eigenvalue weighted by Crippen LogP contribution is -1.88. The van der Waals surface area contributed by atoms with Gasteiger partial charge in [0.05, 0.1) is 12.8 Å². The molecule has 21 heavy (non-hydrogen) atoms. The summed E-state index contributed by atoms with van der Waals surface area (Å²) in [6.45, 7) is 2.08. The minimum atomic E-state index is 0.757. The number of para-hydroxylation sites is 1. The van der Waals surface area contributed by atoms with Crippen LogP contribution >= 0.6 is 11.3 Å². The summed E-state index contributed by atoms with van der Waals surface area (Å²) in [5.74, 6) is 0.846. The van der Waals surface area contributed by atoms with Gasteiger partial charge in [0.1, 0.15) is 10.8 Å². The zero-order valence-electron chi connectivity index (χ0n) is 12.0. The Hall–Kier alpha value is -2.33. The molecule has 0 bridgehead atoms. The highest BCUT2D eigenvalue weighted by atomic mass is 32.1. The lowest BCUT2D eigenvalue weighted by molar-refractivity contribution is 0.415. The molecule has 1 heterocycles. The van der Waals surface area contributed by atoms with Crippen LogP contribution in [0.15, 0.2) is 48.5 Å². The van der Waals surface area contributed by atoms with Crippen molar-refractivity contribution in [3.63, 3.8) is 0 Å². The Kier molecular flexibility index (Phi) is 3.62. The Morgan fingerprint density at radius 3 is 2.43 bits per heavy atom. The summed E-state index contributed by atoms with van der Waals surface area (Å²) in [5, 5.41) is 0.955. The molecule has 0 saturated carbocycles. The normalized spacial score (nSPS) is 10.6. The first kappa shape index (κ1) is 13.6. The average molecular weight is 296 g/mol. The summed E-state index contributed by atoms with van der Waals surface area (Å²) in [6, 6.07) is 15.8. The van der Waals surface area contributed by atoms with Gasteiger partial charge in [0.2, 0.25) is 0 Å². The van der Waals surface area contributed by atoms with Crippen LogP contribution in [0.25, 0.3) is 21.8 Å². The van der Waals surface area contributed by atoms with Crippen molar-refractivity contribution >= 4 is 17.0 Å². The van der Waals surface area contributed by atoms with E-state index in [2.05, 4.69) is 6.92 Å². The summed E-state index contributed by atoms with van der Waals surface area (Å²) < 4.78 is 5.19. The molecule has 3 nitrogen and oxygen atoms in total. The lowest BCUT2D eigenvalue weighted by atomic mass is 10.1. The third-order valence-electron chi connectivity index (χ3n) is 3.35. The summed E-state index contributed by atoms with van der Waals surface area (Å²) in [5.41, 5.74) is 9.88. The topological polar surface area (TPSA) is 48.1 Å². The van der Waals surface area contributed by atoms with Gasteiger partial charge < -0.3 is 10.5 Å². The summed E-state index contributed by atoms with van der Waals surface area (Å²) in [4.78, 5) is 5.94. The Balaban J connectivity index is 2.03. The van der Waals surface area contributed by atoms with Crippen LogP contribution in [0.5, 0.6) is 5.75 Å². The number of aryl methyl sites for hydroxylation is 1. The predicted octanol–water partition coefficient (Wildman–Crippen LogP) is 4.38. The number of nitrogen functional groups attached to an aromatic ring is 1. The number of benzene rings is 2. The smallest absolute Gasteiger partial charge is 0.126 e. The van der Waals surface area contributed by atoms with Gasteiger partial charge in [0.15, 0.2) is 0 Å². The van der Waals surface area contributed by atoms with Crippen molar-refractivity contribution in [2.75, 3.05) is 12.8 Å². The van der Waals surface area contributed by atoms with Gasteiger partial charge in [0.25, 0.3) is 0 Å². The van der Waals surface area contributed by atoms with Crippen LogP contribution in [-0.2, 0) is 0 Å². The molecular formula is C17H16N2OS. The number of ether oxygens (including phenoxy) is 1. The van der Waals surface area contributed by atoms with E-state index in [1.807, 2.05) is 48.5 Å². The molecule has 0 amide bonds. The molecule has 0 saturated heterocycles. The van der Waals surface area contributed by atoms with Crippen molar-refractivity contribution in [3.8, 4) is 27.6 Å². The van der Waals surface area contributed by atoms with Crippen molar-refractivity contribution in [2.24, 2.45) is 0 Å². The Morgan fingerprint density at radius 1 is 1.05 bits per heavy atom. The molecule has 0 atom stereocenters. The van der Waals surface area contributed by atoms with Crippen LogP contribution in [0.2, 0.25) is 0 Å². The number of thiazole rings is 1.